The summed E-state index contributed by atoms with van der Waals surface area (Å²) in [6.07, 6.45) is 0. The van der Waals surface area contributed by atoms with Crippen LogP contribution < -0.4 is 10.2 Å². The third kappa shape index (κ3) is 4.00. The van der Waals surface area contributed by atoms with Gasteiger partial charge < -0.3 is 10.2 Å². The summed E-state index contributed by atoms with van der Waals surface area (Å²) >= 11 is 1.85. The van der Waals surface area contributed by atoms with Crippen molar-refractivity contribution in [2.45, 2.75) is 19.3 Å². The third-order valence-electron chi connectivity index (χ3n) is 8.62. The van der Waals surface area contributed by atoms with E-state index in [0.29, 0.717) is 0 Å². The molecule has 8 rings (SSSR count). The number of para-hydroxylation sites is 2. The maximum atomic E-state index is 3.54. The number of nitrogens with zero attached hydrogens (tertiary/aromatic N) is 1. The van der Waals surface area contributed by atoms with Crippen molar-refractivity contribution in [2.24, 2.45) is 0 Å². The Kier molecular flexibility index (Phi) is 5.70. The van der Waals surface area contributed by atoms with E-state index in [0.717, 1.165) is 22.7 Å². The van der Waals surface area contributed by atoms with Gasteiger partial charge in [0.15, 0.2) is 0 Å². The van der Waals surface area contributed by atoms with E-state index in [1.54, 1.807) is 0 Å². The summed E-state index contributed by atoms with van der Waals surface area (Å²) in [5.74, 6) is 0. The van der Waals surface area contributed by atoms with Crippen molar-refractivity contribution in [2.75, 3.05) is 10.2 Å². The van der Waals surface area contributed by atoms with Gasteiger partial charge in [-0.1, -0.05) is 92.7 Å². The van der Waals surface area contributed by atoms with Crippen LogP contribution in [-0.2, 0) is 5.41 Å². The van der Waals surface area contributed by atoms with E-state index in [2.05, 4.69) is 158 Å². The summed E-state index contributed by atoms with van der Waals surface area (Å²) in [5, 5.41) is 6.13. The standard InChI is InChI=1S/C39H30N2S/c1-39(2)35-16-10-9-15-31(35)34-24-29(19-22-36(34)39)41(28-13-7-4-8-14-28)30-18-21-33-32-20-17-27(23-37(32)42-38(33)25-30)40-26-11-5-3-6-12-26/h3-25,40H,1-2H3. The fourth-order valence-electron chi connectivity index (χ4n) is 6.54. The number of fused-ring (bicyclic) bond motifs is 6. The summed E-state index contributed by atoms with van der Waals surface area (Å²) in [5.41, 5.74) is 11.1. The van der Waals surface area contributed by atoms with E-state index in [1.165, 1.54) is 48.1 Å². The fraction of sp³-hybridized carbons (Fsp3) is 0.0769. The number of anilines is 5. The Balaban J connectivity index is 1.24. The van der Waals surface area contributed by atoms with Crippen molar-refractivity contribution in [3.63, 3.8) is 0 Å². The van der Waals surface area contributed by atoms with Crippen LogP contribution in [0.4, 0.5) is 28.4 Å². The zero-order valence-electron chi connectivity index (χ0n) is 23.6. The van der Waals surface area contributed by atoms with Crippen LogP contribution in [-0.4, -0.2) is 0 Å². The number of thiophene rings is 1. The largest absolute Gasteiger partial charge is 0.355 e. The molecule has 202 valence electrons. The minimum atomic E-state index is -0.00770. The molecule has 0 saturated carbocycles. The normalized spacial score (nSPS) is 13.2. The molecular formula is C39H30N2S. The fourth-order valence-corrected chi connectivity index (χ4v) is 7.72. The summed E-state index contributed by atoms with van der Waals surface area (Å²) in [4.78, 5) is 2.39. The van der Waals surface area contributed by atoms with Crippen molar-refractivity contribution in [1.82, 2.24) is 0 Å². The van der Waals surface area contributed by atoms with Gasteiger partial charge in [-0.05, 0) is 82.9 Å². The Morgan fingerprint density at radius 1 is 0.500 bits per heavy atom. The van der Waals surface area contributed by atoms with Crippen LogP contribution in [0.5, 0.6) is 0 Å². The molecule has 1 aliphatic rings. The Morgan fingerprint density at radius 2 is 1.12 bits per heavy atom. The lowest BCUT2D eigenvalue weighted by Gasteiger charge is -2.27. The van der Waals surface area contributed by atoms with Crippen LogP contribution in [0.25, 0.3) is 31.3 Å². The van der Waals surface area contributed by atoms with E-state index in [9.17, 15) is 0 Å². The van der Waals surface area contributed by atoms with Gasteiger partial charge in [-0.25, -0.2) is 0 Å². The smallest absolute Gasteiger partial charge is 0.0476 e. The molecular weight excluding hydrogens is 529 g/mol. The molecule has 0 bridgehead atoms. The highest BCUT2D eigenvalue weighted by molar-refractivity contribution is 7.25. The lowest BCUT2D eigenvalue weighted by Crippen LogP contribution is -2.15. The van der Waals surface area contributed by atoms with Crippen LogP contribution in [0.3, 0.4) is 0 Å². The molecule has 6 aromatic carbocycles. The van der Waals surface area contributed by atoms with Crippen LogP contribution in [0, 0.1) is 0 Å². The lowest BCUT2D eigenvalue weighted by molar-refractivity contribution is 0.660. The molecule has 0 spiro atoms. The molecule has 7 aromatic rings. The quantitative estimate of drug-likeness (QED) is 0.226. The Hall–Kier alpha value is -4.86. The van der Waals surface area contributed by atoms with Gasteiger partial charge in [0.1, 0.15) is 0 Å². The van der Waals surface area contributed by atoms with Gasteiger partial charge in [0.2, 0.25) is 0 Å². The highest BCUT2D eigenvalue weighted by Gasteiger charge is 2.35. The molecule has 42 heavy (non-hydrogen) atoms. The van der Waals surface area contributed by atoms with Crippen LogP contribution in [0.15, 0.2) is 140 Å². The van der Waals surface area contributed by atoms with Crippen molar-refractivity contribution in [3.8, 4) is 11.1 Å². The molecule has 0 radical (unpaired) electrons. The first kappa shape index (κ1) is 24.9. The number of benzene rings is 6. The zero-order chi connectivity index (χ0) is 28.3. The Bertz CT molecular complexity index is 2090. The molecule has 1 aliphatic carbocycles. The van der Waals surface area contributed by atoms with Gasteiger partial charge in [-0.3, -0.25) is 0 Å². The summed E-state index contributed by atoms with van der Waals surface area (Å²) < 4.78 is 2.57. The number of rotatable bonds is 5. The molecule has 1 heterocycles. The van der Waals surface area contributed by atoms with Gasteiger partial charge in [0, 0.05) is 54.0 Å². The summed E-state index contributed by atoms with van der Waals surface area (Å²) in [6, 6.07) is 50.5. The lowest BCUT2D eigenvalue weighted by atomic mass is 9.82. The van der Waals surface area contributed by atoms with Gasteiger partial charge in [-0.15, -0.1) is 11.3 Å². The van der Waals surface area contributed by atoms with E-state index in [-0.39, 0.29) is 5.41 Å². The van der Waals surface area contributed by atoms with E-state index < -0.39 is 0 Å². The minimum Gasteiger partial charge on any atom is -0.355 e. The van der Waals surface area contributed by atoms with Crippen molar-refractivity contribution >= 4 is 59.9 Å². The van der Waals surface area contributed by atoms with Gasteiger partial charge in [-0.2, -0.15) is 0 Å². The van der Waals surface area contributed by atoms with Crippen molar-refractivity contribution < 1.29 is 0 Å². The third-order valence-corrected chi connectivity index (χ3v) is 9.73. The van der Waals surface area contributed by atoms with Crippen molar-refractivity contribution in [1.29, 1.82) is 0 Å². The maximum absolute atomic E-state index is 3.54. The molecule has 3 heteroatoms. The summed E-state index contributed by atoms with van der Waals surface area (Å²) in [6.45, 7) is 4.67. The predicted octanol–water partition coefficient (Wildman–Crippen LogP) is 11.6. The molecule has 0 aliphatic heterocycles. The first-order chi connectivity index (χ1) is 20.6. The van der Waals surface area contributed by atoms with Crippen molar-refractivity contribution in [3.05, 3.63) is 151 Å². The monoisotopic (exact) mass is 558 g/mol. The van der Waals surface area contributed by atoms with Gasteiger partial charge >= 0.3 is 0 Å². The highest BCUT2D eigenvalue weighted by atomic mass is 32.1. The average molecular weight is 559 g/mol. The predicted molar refractivity (Wildman–Crippen MR) is 181 cm³/mol. The molecule has 1 aromatic heterocycles. The average Bonchev–Trinajstić information content (AvgIpc) is 3.49. The summed E-state index contributed by atoms with van der Waals surface area (Å²) in [7, 11) is 0. The Morgan fingerprint density at radius 3 is 1.93 bits per heavy atom. The minimum absolute atomic E-state index is 0.00770. The van der Waals surface area contributed by atoms with Gasteiger partial charge in [0.25, 0.3) is 0 Å². The van der Waals surface area contributed by atoms with Gasteiger partial charge in [0.05, 0.1) is 0 Å². The van der Waals surface area contributed by atoms with Crippen LogP contribution in [0.2, 0.25) is 0 Å². The first-order valence-corrected chi connectivity index (χ1v) is 15.3. The molecule has 0 saturated heterocycles. The second kappa shape index (κ2) is 9.61. The van der Waals surface area contributed by atoms with E-state index in [4.69, 9.17) is 0 Å². The number of hydrogen-bond donors (Lipinski definition) is 1. The van der Waals surface area contributed by atoms with E-state index >= 15 is 0 Å². The van der Waals surface area contributed by atoms with Crippen LogP contribution in [0.1, 0.15) is 25.0 Å². The molecule has 0 amide bonds. The molecule has 0 atom stereocenters. The highest BCUT2D eigenvalue weighted by Crippen LogP contribution is 2.50. The maximum Gasteiger partial charge on any atom is 0.0476 e. The molecule has 0 fully saturated rings. The zero-order valence-corrected chi connectivity index (χ0v) is 24.5. The Labute approximate surface area is 250 Å². The molecule has 1 N–H and O–H groups in total. The first-order valence-electron chi connectivity index (χ1n) is 14.4. The number of nitrogens with one attached hydrogen (secondary N) is 1. The van der Waals surface area contributed by atoms with E-state index in [1.807, 2.05) is 17.4 Å². The second-order valence-corrected chi connectivity index (χ2v) is 12.6. The molecule has 0 unspecified atom stereocenters. The molecule has 2 nitrogen and oxygen atoms in total. The number of hydrogen-bond acceptors (Lipinski definition) is 3. The second-order valence-electron chi connectivity index (χ2n) is 11.6. The van der Waals surface area contributed by atoms with Crippen LogP contribution >= 0.6 is 11.3 Å². The topological polar surface area (TPSA) is 15.3 Å². The SMILES string of the molecule is CC1(C)c2ccccc2-c2cc(N(c3ccccc3)c3ccc4c(c3)sc3cc(Nc5ccccc5)ccc34)ccc21.